The Morgan fingerprint density at radius 1 is 1.21 bits per heavy atom. The highest BCUT2D eigenvalue weighted by atomic mass is 16.6. The van der Waals surface area contributed by atoms with Gasteiger partial charge in [-0.25, -0.2) is 0 Å². The molecule has 0 heterocycles. The van der Waals surface area contributed by atoms with Crippen molar-refractivity contribution in [3.05, 3.63) is 11.6 Å². The smallest absolute Gasteiger partial charge is 0.303 e. The summed E-state index contributed by atoms with van der Waals surface area (Å²) in [5.41, 5.74) is -1.12. The van der Waals surface area contributed by atoms with E-state index >= 15 is 0 Å². The first-order valence-corrected chi connectivity index (χ1v) is 10.8. The van der Waals surface area contributed by atoms with E-state index in [4.69, 9.17) is 4.74 Å². The minimum atomic E-state index is -1.37. The summed E-state index contributed by atoms with van der Waals surface area (Å²) in [5, 5.41) is 21.0. The lowest BCUT2D eigenvalue weighted by atomic mass is 9.45. The largest absolute Gasteiger partial charge is 0.451 e. The molecule has 0 bridgehead atoms. The van der Waals surface area contributed by atoms with E-state index in [0.717, 1.165) is 31.3 Å². The zero-order valence-corrected chi connectivity index (χ0v) is 17.6. The molecule has 160 valence electrons. The number of ether oxygens (including phenoxy) is 1. The second-order valence-corrected chi connectivity index (χ2v) is 10.1. The number of ketones is 2. The lowest BCUT2D eigenvalue weighted by Crippen LogP contribution is -2.63. The van der Waals surface area contributed by atoms with Crippen LogP contribution in [0.5, 0.6) is 0 Å². The molecule has 6 nitrogen and oxygen atoms in total. The van der Waals surface area contributed by atoms with Crippen LogP contribution in [-0.2, 0) is 19.1 Å². The van der Waals surface area contributed by atoms with Crippen LogP contribution in [0.4, 0.5) is 0 Å². The molecule has 29 heavy (non-hydrogen) atoms. The standard InChI is InChI=1S/C23H32O6/c1-13(25)29-23(19(28)12-24)9-7-17-16-5-4-14-10-15(26)6-8-21(14,2)20(16)18(27)11-22(17,23)3/h10,16-18,20,24,27H,4-9,11-12H2,1-3H3/t16?,17?,18?,20?,21?,22?,23-/m0/s1. The zero-order valence-electron chi connectivity index (χ0n) is 17.6. The van der Waals surface area contributed by atoms with Crippen molar-refractivity contribution >= 4 is 17.5 Å². The topological polar surface area (TPSA) is 101 Å². The summed E-state index contributed by atoms with van der Waals surface area (Å²) < 4.78 is 5.68. The Bertz CT molecular complexity index is 786. The van der Waals surface area contributed by atoms with Crippen LogP contribution in [0.25, 0.3) is 0 Å². The molecule has 0 radical (unpaired) electrons. The Hall–Kier alpha value is -1.53. The maximum Gasteiger partial charge on any atom is 0.303 e. The molecule has 3 saturated carbocycles. The highest BCUT2D eigenvalue weighted by Gasteiger charge is 2.70. The highest BCUT2D eigenvalue weighted by Crippen LogP contribution is 2.68. The Labute approximate surface area is 171 Å². The van der Waals surface area contributed by atoms with Gasteiger partial charge in [0.2, 0.25) is 5.78 Å². The predicted octanol–water partition coefficient (Wildman–Crippen LogP) is 2.35. The Morgan fingerprint density at radius 3 is 2.59 bits per heavy atom. The van der Waals surface area contributed by atoms with Crippen molar-refractivity contribution in [1.29, 1.82) is 0 Å². The van der Waals surface area contributed by atoms with Crippen molar-refractivity contribution in [2.45, 2.75) is 77.4 Å². The number of hydrogen-bond donors (Lipinski definition) is 2. The van der Waals surface area contributed by atoms with E-state index in [9.17, 15) is 24.6 Å². The molecule has 0 aromatic heterocycles. The SMILES string of the molecule is CC(=O)O[C@]1(C(=O)CO)CCC2C3CCC4=CC(=O)CCC4(C)C3C(O)CC21C. The van der Waals surface area contributed by atoms with Crippen molar-refractivity contribution in [1.82, 2.24) is 0 Å². The Morgan fingerprint density at radius 2 is 1.93 bits per heavy atom. The summed E-state index contributed by atoms with van der Waals surface area (Å²) in [7, 11) is 0. The number of carbonyl (C=O) groups is 3. The molecule has 6 unspecified atom stereocenters. The van der Waals surface area contributed by atoms with Gasteiger partial charge >= 0.3 is 5.97 Å². The summed E-state index contributed by atoms with van der Waals surface area (Å²) in [6, 6.07) is 0. The van der Waals surface area contributed by atoms with Crippen molar-refractivity contribution < 1.29 is 29.3 Å². The fraction of sp³-hybridized carbons (Fsp3) is 0.783. The van der Waals surface area contributed by atoms with Gasteiger partial charge in [0.15, 0.2) is 11.4 Å². The Balaban J connectivity index is 1.76. The first-order valence-electron chi connectivity index (χ1n) is 10.8. The molecule has 6 heteroatoms. The first-order chi connectivity index (χ1) is 13.6. The van der Waals surface area contributed by atoms with E-state index < -0.39 is 35.5 Å². The van der Waals surface area contributed by atoms with Crippen LogP contribution < -0.4 is 0 Å². The van der Waals surface area contributed by atoms with Crippen LogP contribution in [0.2, 0.25) is 0 Å². The van der Waals surface area contributed by atoms with Gasteiger partial charge in [-0.05, 0) is 67.8 Å². The van der Waals surface area contributed by atoms with E-state index in [0.29, 0.717) is 19.3 Å². The fourth-order valence-electron chi connectivity index (χ4n) is 7.73. The molecule has 0 spiro atoms. The second-order valence-electron chi connectivity index (χ2n) is 10.1. The normalized spacial score (nSPS) is 46.2. The Kier molecular flexibility index (Phi) is 4.82. The summed E-state index contributed by atoms with van der Waals surface area (Å²) in [6.07, 6.45) is 5.59. The maximum absolute atomic E-state index is 12.9. The van der Waals surface area contributed by atoms with Gasteiger partial charge in [0, 0.05) is 18.8 Å². The molecule has 4 aliphatic carbocycles. The summed E-state index contributed by atoms with van der Waals surface area (Å²) in [6.45, 7) is 4.76. The van der Waals surface area contributed by atoms with Crippen LogP contribution in [0.15, 0.2) is 11.6 Å². The number of esters is 1. The van der Waals surface area contributed by atoms with E-state index in [2.05, 4.69) is 6.92 Å². The zero-order chi connectivity index (χ0) is 21.2. The fourth-order valence-corrected chi connectivity index (χ4v) is 7.73. The lowest BCUT2D eigenvalue weighted by molar-refractivity contribution is -0.200. The molecule has 4 aliphatic rings. The molecule has 0 aromatic rings. The summed E-state index contributed by atoms with van der Waals surface area (Å²) >= 11 is 0. The molecule has 3 fully saturated rings. The third-order valence-corrected chi connectivity index (χ3v) is 8.93. The van der Waals surface area contributed by atoms with Gasteiger partial charge in [0.1, 0.15) is 6.61 Å². The van der Waals surface area contributed by atoms with Crippen molar-refractivity contribution in [2.24, 2.45) is 28.6 Å². The van der Waals surface area contributed by atoms with Gasteiger partial charge in [-0.3, -0.25) is 14.4 Å². The highest BCUT2D eigenvalue weighted by molar-refractivity contribution is 5.92. The van der Waals surface area contributed by atoms with E-state index in [1.807, 2.05) is 6.92 Å². The lowest BCUT2D eigenvalue weighted by Gasteiger charge is -2.60. The van der Waals surface area contributed by atoms with E-state index in [1.54, 1.807) is 6.08 Å². The number of allylic oxidation sites excluding steroid dienone is 1. The number of aliphatic hydroxyl groups is 2. The van der Waals surface area contributed by atoms with Gasteiger partial charge in [0.25, 0.3) is 0 Å². The van der Waals surface area contributed by atoms with Crippen molar-refractivity contribution in [3.63, 3.8) is 0 Å². The molecular formula is C23H32O6. The number of hydrogen-bond acceptors (Lipinski definition) is 6. The van der Waals surface area contributed by atoms with Crippen LogP contribution in [0.3, 0.4) is 0 Å². The monoisotopic (exact) mass is 404 g/mol. The summed E-state index contributed by atoms with van der Waals surface area (Å²) in [4.78, 5) is 36.8. The van der Waals surface area contributed by atoms with Gasteiger partial charge in [-0.2, -0.15) is 0 Å². The number of carbonyl (C=O) groups excluding carboxylic acids is 3. The number of aliphatic hydroxyl groups excluding tert-OH is 2. The van der Waals surface area contributed by atoms with Crippen molar-refractivity contribution in [3.8, 4) is 0 Å². The quantitative estimate of drug-likeness (QED) is 0.701. The van der Waals surface area contributed by atoms with Gasteiger partial charge < -0.3 is 14.9 Å². The molecule has 7 atom stereocenters. The van der Waals surface area contributed by atoms with Crippen LogP contribution in [0, 0.1) is 28.6 Å². The van der Waals surface area contributed by atoms with Crippen LogP contribution >= 0.6 is 0 Å². The third kappa shape index (κ3) is 2.71. The molecular weight excluding hydrogens is 372 g/mol. The predicted molar refractivity (Wildman–Crippen MR) is 105 cm³/mol. The molecule has 2 N–H and O–H groups in total. The summed E-state index contributed by atoms with van der Waals surface area (Å²) in [5.74, 6) is -0.462. The minimum absolute atomic E-state index is 0.0334. The third-order valence-electron chi connectivity index (χ3n) is 8.93. The average molecular weight is 405 g/mol. The molecule has 0 saturated heterocycles. The molecule has 0 aliphatic heterocycles. The van der Waals surface area contributed by atoms with Crippen LogP contribution in [-0.4, -0.2) is 46.1 Å². The van der Waals surface area contributed by atoms with Gasteiger partial charge in [-0.1, -0.05) is 19.4 Å². The minimum Gasteiger partial charge on any atom is -0.451 e. The first kappa shape index (κ1) is 20.7. The van der Waals surface area contributed by atoms with Crippen LogP contribution in [0.1, 0.15) is 65.7 Å². The molecule has 0 amide bonds. The number of fused-ring (bicyclic) bond motifs is 5. The van der Waals surface area contributed by atoms with Crippen molar-refractivity contribution in [2.75, 3.05) is 6.61 Å². The molecule has 4 rings (SSSR count). The number of rotatable bonds is 3. The second kappa shape index (κ2) is 6.74. The molecule has 0 aromatic carbocycles. The number of Topliss-reactive ketones (excluding diaryl/α,β-unsaturated/α-hetero) is 1. The van der Waals surface area contributed by atoms with E-state index in [1.165, 1.54) is 6.92 Å². The average Bonchev–Trinajstić information content (AvgIpc) is 2.93. The van der Waals surface area contributed by atoms with Gasteiger partial charge in [-0.15, -0.1) is 0 Å². The maximum atomic E-state index is 12.9. The van der Waals surface area contributed by atoms with Gasteiger partial charge in [0.05, 0.1) is 6.10 Å². The van der Waals surface area contributed by atoms with E-state index in [-0.39, 0.29) is 29.0 Å².